The average molecular weight is 357 g/mol. The summed E-state index contributed by atoms with van der Waals surface area (Å²) >= 11 is 5.91. The first-order valence-corrected chi connectivity index (χ1v) is 8.80. The van der Waals surface area contributed by atoms with Gasteiger partial charge in [-0.15, -0.1) is 0 Å². The van der Waals surface area contributed by atoms with E-state index in [9.17, 15) is 12.8 Å². The molecular weight excluding hydrogens is 343 g/mol. The van der Waals surface area contributed by atoms with Gasteiger partial charge >= 0.3 is 0 Å². The number of halogens is 2. The number of nitrogens with zero attached hydrogens (tertiary/aromatic N) is 2. The molecule has 8 heteroatoms. The third-order valence-corrected chi connectivity index (χ3v) is 5.90. The van der Waals surface area contributed by atoms with Crippen LogP contribution in [0.1, 0.15) is 6.42 Å². The van der Waals surface area contributed by atoms with Gasteiger partial charge in [0.05, 0.1) is 17.8 Å². The van der Waals surface area contributed by atoms with Gasteiger partial charge in [-0.3, -0.25) is 4.98 Å². The molecule has 5 nitrogen and oxygen atoms in total. The standard InChI is InChI=1S/C15H14ClFN2O3S/c16-14-4-3-11(17)8-15(14)23(20,21)19-7-5-13(10-19)22-12-2-1-6-18-9-12/h1-4,6,8-9,13H,5,7,10H2. The van der Waals surface area contributed by atoms with Crippen LogP contribution in [0.15, 0.2) is 47.6 Å². The van der Waals surface area contributed by atoms with E-state index in [1.54, 1.807) is 24.5 Å². The smallest absolute Gasteiger partial charge is 0.244 e. The first-order valence-electron chi connectivity index (χ1n) is 6.99. The molecule has 0 amide bonds. The zero-order valence-electron chi connectivity index (χ0n) is 12.0. The average Bonchev–Trinajstić information content (AvgIpc) is 3.00. The normalized spacial score (nSPS) is 19.0. The molecule has 2 aromatic rings. The van der Waals surface area contributed by atoms with Crippen LogP contribution in [0.3, 0.4) is 0 Å². The second kappa shape index (κ2) is 6.43. The van der Waals surface area contributed by atoms with E-state index in [1.807, 2.05) is 0 Å². The second-order valence-electron chi connectivity index (χ2n) is 5.16. The maximum atomic E-state index is 13.4. The summed E-state index contributed by atoms with van der Waals surface area (Å²) in [5.41, 5.74) is 0. The van der Waals surface area contributed by atoms with Crippen molar-refractivity contribution in [3.05, 3.63) is 53.6 Å². The van der Waals surface area contributed by atoms with Crippen LogP contribution in [0.25, 0.3) is 0 Å². The molecule has 0 N–H and O–H groups in total. The van der Waals surface area contributed by atoms with Crippen molar-refractivity contribution in [1.29, 1.82) is 0 Å². The van der Waals surface area contributed by atoms with E-state index >= 15 is 0 Å². The third kappa shape index (κ3) is 3.46. The highest BCUT2D eigenvalue weighted by Crippen LogP contribution is 2.28. The monoisotopic (exact) mass is 356 g/mol. The van der Waals surface area contributed by atoms with Gasteiger partial charge in [0.2, 0.25) is 10.0 Å². The largest absolute Gasteiger partial charge is 0.487 e. The lowest BCUT2D eigenvalue weighted by Crippen LogP contribution is -2.31. The summed E-state index contributed by atoms with van der Waals surface area (Å²) in [4.78, 5) is 3.73. The highest BCUT2D eigenvalue weighted by atomic mass is 35.5. The molecule has 1 aromatic heterocycles. The Balaban J connectivity index is 1.76. The Morgan fingerprint density at radius 3 is 2.91 bits per heavy atom. The summed E-state index contributed by atoms with van der Waals surface area (Å²) in [6.07, 6.45) is 3.47. The molecule has 0 bridgehead atoms. The maximum Gasteiger partial charge on any atom is 0.244 e. The number of benzene rings is 1. The molecule has 1 aliphatic heterocycles. The number of aromatic nitrogens is 1. The summed E-state index contributed by atoms with van der Waals surface area (Å²) < 4.78 is 45.6. The first-order chi connectivity index (χ1) is 11.0. The summed E-state index contributed by atoms with van der Waals surface area (Å²) in [5.74, 6) is -0.0594. The van der Waals surface area contributed by atoms with Crippen molar-refractivity contribution in [3.8, 4) is 5.75 Å². The van der Waals surface area contributed by atoms with Gasteiger partial charge in [-0.2, -0.15) is 4.31 Å². The highest BCUT2D eigenvalue weighted by molar-refractivity contribution is 7.89. The van der Waals surface area contributed by atoms with Gasteiger partial charge in [-0.1, -0.05) is 11.6 Å². The number of rotatable bonds is 4. The van der Waals surface area contributed by atoms with Gasteiger partial charge in [0.1, 0.15) is 22.6 Å². The fourth-order valence-corrected chi connectivity index (χ4v) is 4.41. The van der Waals surface area contributed by atoms with E-state index in [0.29, 0.717) is 18.7 Å². The minimum atomic E-state index is -3.85. The van der Waals surface area contributed by atoms with Gasteiger partial charge in [0.25, 0.3) is 0 Å². The fourth-order valence-electron chi connectivity index (χ4n) is 2.44. The van der Waals surface area contributed by atoms with Crippen LogP contribution in [0, 0.1) is 5.82 Å². The van der Waals surface area contributed by atoms with Crippen molar-refractivity contribution >= 4 is 21.6 Å². The van der Waals surface area contributed by atoms with Crippen LogP contribution in [-0.4, -0.2) is 36.9 Å². The van der Waals surface area contributed by atoms with Crippen LogP contribution in [0.2, 0.25) is 5.02 Å². The van der Waals surface area contributed by atoms with Crippen molar-refractivity contribution in [3.63, 3.8) is 0 Å². The Morgan fingerprint density at radius 1 is 1.35 bits per heavy atom. The molecule has 0 radical (unpaired) electrons. The summed E-state index contributed by atoms with van der Waals surface area (Å²) in [5, 5.41) is 0.00280. The third-order valence-electron chi connectivity index (χ3n) is 3.56. The van der Waals surface area contributed by atoms with E-state index in [4.69, 9.17) is 16.3 Å². The number of hydrogen-bond acceptors (Lipinski definition) is 4. The topological polar surface area (TPSA) is 59.5 Å². The second-order valence-corrected chi connectivity index (χ2v) is 7.47. The molecule has 2 heterocycles. The fraction of sp³-hybridized carbons (Fsp3) is 0.267. The van der Waals surface area contributed by atoms with E-state index in [1.165, 1.54) is 10.4 Å². The van der Waals surface area contributed by atoms with Crippen molar-refractivity contribution in [2.75, 3.05) is 13.1 Å². The summed E-state index contributed by atoms with van der Waals surface area (Å²) in [7, 11) is -3.85. The molecule has 1 fully saturated rings. The zero-order chi connectivity index (χ0) is 16.4. The molecule has 1 saturated heterocycles. The number of hydrogen-bond donors (Lipinski definition) is 0. The predicted octanol–water partition coefficient (Wildman–Crippen LogP) is 2.72. The van der Waals surface area contributed by atoms with Crippen LogP contribution in [0.4, 0.5) is 4.39 Å². The molecule has 23 heavy (non-hydrogen) atoms. The predicted molar refractivity (Wildman–Crippen MR) is 83.4 cm³/mol. The van der Waals surface area contributed by atoms with Gasteiger partial charge < -0.3 is 4.74 Å². The van der Waals surface area contributed by atoms with Crippen molar-refractivity contribution in [2.24, 2.45) is 0 Å². The van der Waals surface area contributed by atoms with E-state index in [2.05, 4.69) is 4.98 Å². The van der Waals surface area contributed by atoms with E-state index in [0.717, 1.165) is 12.1 Å². The minimum Gasteiger partial charge on any atom is -0.487 e. The zero-order valence-corrected chi connectivity index (χ0v) is 13.6. The van der Waals surface area contributed by atoms with E-state index in [-0.39, 0.29) is 22.6 Å². The Bertz CT molecular complexity index is 802. The molecule has 0 spiro atoms. The quantitative estimate of drug-likeness (QED) is 0.845. The molecule has 122 valence electrons. The molecule has 1 aliphatic rings. The maximum absolute atomic E-state index is 13.4. The summed E-state index contributed by atoms with van der Waals surface area (Å²) in [6, 6.07) is 6.80. The molecule has 0 aliphatic carbocycles. The number of pyridine rings is 1. The van der Waals surface area contributed by atoms with Crippen molar-refractivity contribution in [1.82, 2.24) is 9.29 Å². The van der Waals surface area contributed by atoms with Crippen LogP contribution in [-0.2, 0) is 10.0 Å². The lowest BCUT2D eigenvalue weighted by Gasteiger charge is -2.18. The lowest BCUT2D eigenvalue weighted by atomic mass is 10.3. The van der Waals surface area contributed by atoms with Gasteiger partial charge in [0.15, 0.2) is 0 Å². The molecular formula is C15H14ClFN2O3S. The van der Waals surface area contributed by atoms with Crippen LogP contribution in [0.5, 0.6) is 5.75 Å². The van der Waals surface area contributed by atoms with Crippen molar-refractivity contribution in [2.45, 2.75) is 17.4 Å². The highest BCUT2D eigenvalue weighted by Gasteiger charge is 2.35. The molecule has 1 aromatic carbocycles. The Kier molecular flexibility index (Phi) is 4.52. The van der Waals surface area contributed by atoms with Crippen LogP contribution < -0.4 is 4.74 Å². The lowest BCUT2D eigenvalue weighted by molar-refractivity contribution is 0.214. The Morgan fingerprint density at radius 2 is 2.17 bits per heavy atom. The molecule has 3 rings (SSSR count). The summed E-state index contributed by atoms with van der Waals surface area (Å²) in [6.45, 7) is 0.476. The van der Waals surface area contributed by atoms with E-state index < -0.39 is 15.8 Å². The van der Waals surface area contributed by atoms with Gasteiger partial charge in [0, 0.05) is 12.7 Å². The van der Waals surface area contributed by atoms with Gasteiger partial charge in [-0.25, -0.2) is 12.8 Å². The molecule has 0 saturated carbocycles. The Labute approximate surface area is 138 Å². The molecule has 1 unspecified atom stereocenters. The van der Waals surface area contributed by atoms with Gasteiger partial charge in [-0.05, 0) is 36.8 Å². The minimum absolute atomic E-state index is 0.00280. The first kappa shape index (κ1) is 16.2. The Hall–Kier alpha value is -1.70. The SMILES string of the molecule is O=S(=O)(c1cc(F)ccc1Cl)N1CCC(Oc2cccnc2)C1. The van der Waals surface area contributed by atoms with Crippen LogP contribution >= 0.6 is 11.6 Å². The molecule has 1 atom stereocenters. The number of sulfonamides is 1. The van der Waals surface area contributed by atoms with Crippen molar-refractivity contribution < 1.29 is 17.5 Å². The number of ether oxygens (including phenoxy) is 1.